The Hall–Kier alpha value is -3.47. The second kappa shape index (κ2) is 8.58. The van der Waals surface area contributed by atoms with Crippen LogP contribution in [0.3, 0.4) is 0 Å². The van der Waals surface area contributed by atoms with Gasteiger partial charge in [-0.1, -0.05) is 32.9 Å². The molecule has 32 heavy (non-hydrogen) atoms. The molecule has 2 heterocycles. The van der Waals surface area contributed by atoms with Crippen LogP contribution in [-0.4, -0.2) is 56.8 Å². The number of aromatic hydroxyl groups is 1. The Morgan fingerprint density at radius 3 is 2.56 bits per heavy atom. The van der Waals surface area contributed by atoms with Crippen LogP contribution < -0.4 is 10.9 Å². The Labute approximate surface area is 183 Å². The first-order valence-corrected chi connectivity index (χ1v) is 9.93. The summed E-state index contributed by atoms with van der Waals surface area (Å²) in [4.78, 5) is 44.5. The monoisotopic (exact) mass is 448 g/mol. The summed E-state index contributed by atoms with van der Waals surface area (Å²) < 4.78 is 19.0. The number of benzene rings is 1. The van der Waals surface area contributed by atoms with Gasteiger partial charge in [0.2, 0.25) is 5.75 Å². The molecular weight excluding hydrogens is 423 g/mol. The molecular formula is C21H25FN4O6. The number of aromatic nitrogens is 2. The van der Waals surface area contributed by atoms with Gasteiger partial charge in [-0.3, -0.25) is 9.59 Å². The van der Waals surface area contributed by atoms with Crippen molar-refractivity contribution in [1.29, 1.82) is 0 Å². The van der Waals surface area contributed by atoms with Crippen molar-refractivity contribution in [2.45, 2.75) is 32.9 Å². The molecule has 1 aliphatic rings. The number of nitrogens with one attached hydrogen (secondary N) is 2. The molecule has 172 valence electrons. The average molecular weight is 448 g/mol. The van der Waals surface area contributed by atoms with E-state index >= 15 is 0 Å². The molecule has 1 aliphatic heterocycles. The molecule has 1 atom stereocenters. The largest absolute Gasteiger partial charge is 0.501 e. The van der Waals surface area contributed by atoms with E-state index < -0.39 is 45.8 Å². The molecule has 1 aromatic heterocycles. The highest BCUT2D eigenvalue weighted by molar-refractivity contribution is 5.94. The highest BCUT2D eigenvalue weighted by Gasteiger charge is 2.51. The molecule has 11 heteroatoms. The summed E-state index contributed by atoms with van der Waals surface area (Å²) in [5.41, 5.74) is -2.99. The number of carbonyl (C=O) groups is 2. The van der Waals surface area contributed by atoms with E-state index in [4.69, 9.17) is 4.74 Å². The van der Waals surface area contributed by atoms with Crippen molar-refractivity contribution in [3.63, 3.8) is 0 Å². The van der Waals surface area contributed by atoms with Gasteiger partial charge in [-0.05, 0) is 17.7 Å². The van der Waals surface area contributed by atoms with E-state index in [2.05, 4.69) is 15.3 Å². The summed E-state index contributed by atoms with van der Waals surface area (Å²) in [6, 6.07) is 5.45. The SMILES string of the molecule is CC(C)(C)C1(c2nc(C(=O)NCc3ccc(F)cc3)c(O)c(=O)[nH]2)CN(C(=O)O)CCO1. The van der Waals surface area contributed by atoms with Crippen LogP contribution in [0.25, 0.3) is 0 Å². The van der Waals surface area contributed by atoms with Crippen LogP contribution in [0.1, 0.15) is 42.6 Å². The Kier molecular flexibility index (Phi) is 6.22. The van der Waals surface area contributed by atoms with Gasteiger partial charge >= 0.3 is 6.09 Å². The van der Waals surface area contributed by atoms with Crippen molar-refractivity contribution >= 4 is 12.0 Å². The van der Waals surface area contributed by atoms with Crippen molar-refractivity contribution in [3.8, 4) is 5.75 Å². The third-order valence-electron chi connectivity index (χ3n) is 5.46. The van der Waals surface area contributed by atoms with Gasteiger partial charge < -0.3 is 30.2 Å². The molecule has 3 rings (SSSR count). The van der Waals surface area contributed by atoms with E-state index in [0.29, 0.717) is 5.56 Å². The van der Waals surface area contributed by atoms with E-state index in [1.54, 1.807) is 20.8 Å². The zero-order valence-corrected chi connectivity index (χ0v) is 17.9. The zero-order chi connectivity index (χ0) is 23.7. The Bertz CT molecular complexity index is 1080. The van der Waals surface area contributed by atoms with Gasteiger partial charge in [0.1, 0.15) is 17.2 Å². The molecule has 0 saturated carbocycles. The number of amides is 2. The fourth-order valence-electron chi connectivity index (χ4n) is 3.52. The number of nitrogens with zero attached hydrogens (tertiary/aromatic N) is 2. The van der Waals surface area contributed by atoms with E-state index in [0.717, 1.165) is 4.90 Å². The molecule has 2 amide bonds. The molecule has 1 unspecified atom stereocenters. The van der Waals surface area contributed by atoms with Crippen LogP contribution in [0.2, 0.25) is 0 Å². The van der Waals surface area contributed by atoms with Crippen molar-refractivity contribution in [2.24, 2.45) is 5.41 Å². The summed E-state index contributed by atoms with van der Waals surface area (Å²) in [6.07, 6.45) is -1.15. The summed E-state index contributed by atoms with van der Waals surface area (Å²) in [5.74, 6) is -2.19. The molecule has 10 nitrogen and oxygen atoms in total. The lowest BCUT2D eigenvalue weighted by atomic mass is 9.74. The Morgan fingerprint density at radius 1 is 1.31 bits per heavy atom. The van der Waals surface area contributed by atoms with Crippen LogP contribution in [0, 0.1) is 11.2 Å². The van der Waals surface area contributed by atoms with E-state index in [-0.39, 0.29) is 32.1 Å². The molecule has 0 aliphatic carbocycles. The van der Waals surface area contributed by atoms with Crippen LogP contribution in [0.5, 0.6) is 5.75 Å². The second-order valence-corrected chi connectivity index (χ2v) is 8.55. The molecule has 0 radical (unpaired) electrons. The van der Waals surface area contributed by atoms with Crippen LogP contribution in [0.15, 0.2) is 29.1 Å². The van der Waals surface area contributed by atoms with Crippen molar-refractivity contribution in [1.82, 2.24) is 20.2 Å². The molecule has 4 N–H and O–H groups in total. The van der Waals surface area contributed by atoms with Crippen LogP contribution in [-0.2, 0) is 16.9 Å². The molecule has 0 bridgehead atoms. The number of carboxylic acid groups (broad SMARTS) is 1. The fraction of sp³-hybridized carbons (Fsp3) is 0.429. The second-order valence-electron chi connectivity index (χ2n) is 8.55. The lowest BCUT2D eigenvalue weighted by Crippen LogP contribution is -2.58. The topological polar surface area (TPSA) is 145 Å². The summed E-state index contributed by atoms with van der Waals surface area (Å²) >= 11 is 0. The lowest BCUT2D eigenvalue weighted by molar-refractivity contribution is -0.171. The number of rotatable bonds is 4. The molecule has 1 aromatic carbocycles. The summed E-state index contributed by atoms with van der Waals surface area (Å²) in [5, 5.41) is 22.2. The quantitative estimate of drug-likeness (QED) is 0.558. The highest BCUT2D eigenvalue weighted by Crippen LogP contribution is 2.43. The molecule has 1 fully saturated rings. The average Bonchev–Trinajstić information content (AvgIpc) is 2.74. The van der Waals surface area contributed by atoms with Gasteiger partial charge in [0.05, 0.1) is 13.2 Å². The maximum Gasteiger partial charge on any atom is 0.407 e. The Morgan fingerprint density at radius 2 is 1.97 bits per heavy atom. The summed E-state index contributed by atoms with van der Waals surface area (Å²) in [7, 11) is 0. The predicted octanol–water partition coefficient (Wildman–Crippen LogP) is 1.80. The maximum absolute atomic E-state index is 13.1. The number of hydrogen-bond acceptors (Lipinski definition) is 6. The number of hydrogen-bond donors (Lipinski definition) is 4. The van der Waals surface area contributed by atoms with Gasteiger partial charge in [0.15, 0.2) is 5.69 Å². The van der Waals surface area contributed by atoms with Gasteiger partial charge in [0.25, 0.3) is 11.5 Å². The molecule has 2 aromatic rings. The number of H-pyrrole nitrogens is 1. The number of ether oxygens (including phenoxy) is 1. The van der Waals surface area contributed by atoms with Gasteiger partial charge in [0, 0.05) is 18.5 Å². The molecule has 0 spiro atoms. The lowest BCUT2D eigenvalue weighted by Gasteiger charge is -2.48. The minimum absolute atomic E-state index is 0.00999. The third-order valence-corrected chi connectivity index (χ3v) is 5.46. The first kappa shape index (κ1) is 23.2. The maximum atomic E-state index is 13.1. The number of halogens is 1. The first-order valence-electron chi connectivity index (χ1n) is 9.93. The van der Waals surface area contributed by atoms with Gasteiger partial charge in [-0.25, -0.2) is 14.2 Å². The van der Waals surface area contributed by atoms with Crippen molar-refractivity contribution in [3.05, 3.63) is 57.5 Å². The van der Waals surface area contributed by atoms with Crippen molar-refractivity contribution in [2.75, 3.05) is 19.7 Å². The summed E-state index contributed by atoms with van der Waals surface area (Å²) in [6.45, 7) is 5.45. The number of morpholine rings is 1. The zero-order valence-electron chi connectivity index (χ0n) is 17.9. The molecule has 1 saturated heterocycles. The smallest absolute Gasteiger partial charge is 0.407 e. The minimum Gasteiger partial charge on any atom is -0.501 e. The van der Waals surface area contributed by atoms with Crippen LogP contribution in [0.4, 0.5) is 9.18 Å². The Balaban J connectivity index is 1.98. The fourth-order valence-corrected chi connectivity index (χ4v) is 3.52. The van der Waals surface area contributed by atoms with Gasteiger partial charge in [-0.15, -0.1) is 0 Å². The number of carbonyl (C=O) groups excluding carboxylic acids is 1. The normalized spacial score (nSPS) is 18.9. The predicted molar refractivity (Wildman–Crippen MR) is 111 cm³/mol. The van der Waals surface area contributed by atoms with E-state index in [1.807, 2.05) is 0 Å². The van der Waals surface area contributed by atoms with Gasteiger partial charge in [-0.2, -0.15) is 0 Å². The standard InChI is InChI=1S/C21H25FN4O6/c1-20(2,3)21(11-26(19(30)31)8-9-32-21)18-24-14(15(27)17(29)25-18)16(28)23-10-12-4-6-13(22)7-5-12/h4-7,27H,8-11H2,1-3H3,(H,23,28)(H,30,31)(H,24,25,29). The number of aromatic amines is 1. The highest BCUT2D eigenvalue weighted by atomic mass is 19.1. The van der Waals surface area contributed by atoms with Crippen LogP contribution >= 0.6 is 0 Å². The van der Waals surface area contributed by atoms with Crippen molar-refractivity contribution < 1.29 is 28.9 Å². The van der Waals surface area contributed by atoms with E-state index in [9.17, 15) is 29.0 Å². The minimum atomic E-state index is -1.37. The third kappa shape index (κ3) is 4.42. The van der Waals surface area contributed by atoms with E-state index in [1.165, 1.54) is 24.3 Å². The first-order chi connectivity index (χ1) is 14.9.